The van der Waals surface area contributed by atoms with Gasteiger partial charge in [0.2, 0.25) is 0 Å². The van der Waals surface area contributed by atoms with E-state index in [2.05, 4.69) is 37.1 Å². The van der Waals surface area contributed by atoms with Crippen LogP contribution in [0.5, 0.6) is 17.2 Å². The lowest BCUT2D eigenvalue weighted by Gasteiger charge is -2.12. The number of halogens is 4. The number of nitrogens with zero attached hydrogens (tertiary/aromatic N) is 1. The van der Waals surface area contributed by atoms with Crippen molar-refractivity contribution in [1.29, 1.82) is 0 Å². The minimum Gasteiger partial charge on any atom is -0.493 e. The number of rotatable bonds is 11. The first-order valence-corrected chi connectivity index (χ1v) is 13.0. The molecule has 0 aromatic heterocycles. The Hall–Kier alpha value is -4.59. The van der Waals surface area contributed by atoms with Crippen molar-refractivity contribution in [3.63, 3.8) is 0 Å². The lowest BCUT2D eigenvalue weighted by Crippen LogP contribution is -2.38. The third-order valence-electron chi connectivity index (χ3n) is 5.53. The van der Waals surface area contributed by atoms with Gasteiger partial charge in [0, 0.05) is 22.3 Å². The number of carbonyl (C=O) groups is 3. The highest BCUT2D eigenvalue weighted by atomic mass is 79.9. The zero-order chi connectivity index (χ0) is 30.7. The number of hydrogen-bond donors (Lipinski definition) is 3. The van der Waals surface area contributed by atoms with Gasteiger partial charge in [-0.2, -0.15) is 18.3 Å². The molecule has 0 heterocycles. The summed E-state index contributed by atoms with van der Waals surface area (Å²) in [6.45, 7) is -0.342. The summed E-state index contributed by atoms with van der Waals surface area (Å²) in [7, 11) is 3.04. The summed E-state index contributed by atoms with van der Waals surface area (Å²) in [4.78, 5) is 36.6. The van der Waals surface area contributed by atoms with Crippen LogP contribution >= 0.6 is 15.9 Å². The van der Waals surface area contributed by atoms with Crippen molar-refractivity contribution in [3.8, 4) is 17.2 Å². The van der Waals surface area contributed by atoms with Crippen LogP contribution in [0.25, 0.3) is 0 Å². The highest BCUT2D eigenvalue weighted by molar-refractivity contribution is 9.10. The zero-order valence-corrected chi connectivity index (χ0v) is 24.0. The fourth-order valence-corrected chi connectivity index (χ4v) is 3.89. The predicted molar refractivity (Wildman–Crippen MR) is 152 cm³/mol. The van der Waals surface area contributed by atoms with Crippen LogP contribution < -0.4 is 30.3 Å². The molecule has 42 heavy (non-hydrogen) atoms. The SMILES string of the molecule is COc1ccc(CCNC(=O)C(=O)N/N=C\c2cc(Br)ccc2OCC(=O)Nc2cccc(C(F)(F)F)c2)cc1OC. The number of carbonyl (C=O) groups excluding carboxylic acids is 3. The molecule has 0 bridgehead atoms. The number of amides is 3. The highest BCUT2D eigenvalue weighted by Gasteiger charge is 2.30. The van der Waals surface area contributed by atoms with E-state index in [-0.39, 0.29) is 18.0 Å². The summed E-state index contributed by atoms with van der Waals surface area (Å²) in [5.74, 6) is -1.30. The average molecular weight is 651 g/mol. The van der Waals surface area contributed by atoms with Crippen LogP contribution in [0.4, 0.5) is 18.9 Å². The lowest BCUT2D eigenvalue weighted by molar-refractivity contribution is -0.139. The molecule has 0 unspecified atom stereocenters. The summed E-state index contributed by atoms with van der Waals surface area (Å²) < 4.78 is 55.3. The van der Waals surface area contributed by atoms with Crippen LogP contribution in [0.1, 0.15) is 16.7 Å². The van der Waals surface area contributed by atoms with Gasteiger partial charge in [0.1, 0.15) is 5.75 Å². The summed E-state index contributed by atoms with van der Waals surface area (Å²) in [5.41, 5.74) is 2.37. The Labute approximate surface area is 247 Å². The minimum atomic E-state index is -4.55. The topological polar surface area (TPSA) is 127 Å². The second kappa shape index (κ2) is 14.9. The maximum Gasteiger partial charge on any atom is 0.416 e. The number of ether oxygens (including phenoxy) is 3. The smallest absolute Gasteiger partial charge is 0.416 e. The normalized spacial score (nSPS) is 11.1. The summed E-state index contributed by atoms with van der Waals surface area (Å²) in [5, 5.41) is 8.61. The molecular weight excluding hydrogens is 625 g/mol. The van der Waals surface area contributed by atoms with Gasteiger partial charge in [-0.1, -0.05) is 28.1 Å². The number of nitrogens with one attached hydrogen (secondary N) is 3. The molecule has 0 aliphatic rings. The predicted octanol–water partition coefficient (Wildman–Crippen LogP) is 4.31. The van der Waals surface area contributed by atoms with E-state index >= 15 is 0 Å². The van der Waals surface area contributed by atoms with Gasteiger partial charge in [0.25, 0.3) is 5.91 Å². The fourth-order valence-electron chi connectivity index (χ4n) is 3.51. The Morgan fingerprint density at radius 2 is 1.67 bits per heavy atom. The molecule has 0 saturated heterocycles. The summed E-state index contributed by atoms with van der Waals surface area (Å²) in [6.07, 6.45) is -2.91. The molecule has 3 aromatic carbocycles. The number of hydrogen-bond acceptors (Lipinski definition) is 7. The van der Waals surface area contributed by atoms with E-state index in [0.717, 1.165) is 17.7 Å². The molecule has 3 aromatic rings. The van der Waals surface area contributed by atoms with Crippen molar-refractivity contribution in [1.82, 2.24) is 10.7 Å². The van der Waals surface area contributed by atoms with Crippen molar-refractivity contribution in [2.45, 2.75) is 12.6 Å². The van der Waals surface area contributed by atoms with Crippen LogP contribution in [-0.4, -0.2) is 51.3 Å². The highest BCUT2D eigenvalue weighted by Crippen LogP contribution is 2.31. The van der Waals surface area contributed by atoms with Crippen molar-refractivity contribution in [2.75, 3.05) is 32.7 Å². The van der Waals surface area contributed by atoms with E-state index < -0.39 is 36.1 Å². The van der Waals surface area contributed by atoms with Crippen molar-refractivity contribution in [2.24, 2.45) is 5.10 Å². The third-order valence-corrected chi connectivity index (χ3v) is 6.02. The van der Waals surface area contributed by atoms with E-state index in [4.69, 9.17) is 14.2 Å². The van der Waals surface area contributed by atoms with Gasteiger partial charge in [-0.05, 0) is 60.5 Å². The molecule has 0 saturated carbocycles. The Morgan fingerprint density at radius 1 is 0.929 bits per heavy atom. The van der Waals surface area contributed by atoms with Crippen LogP contribution in [0.15, 0.2) is 70.2 Å². The van der Waals surface area contributed by atoms with E-state index in [1.807, 2.05) is 6.07 Å². The van der Waals surface area contributed by atoms with Crippen molar-refractivity contribution >= 4 is 45.6 Å². The van der Waals surface area contributed by atoms with Gasteiger partial charge in [-0.25, -0.2) is 5.43 Å². The molecule has 3 rings (SSSR count). The van der Waals surface area contributed by atoms with Gasteiger partial charge in [-0.3, -0.25) is 14.4 Å². The molecule has 0 radical (unpaired) electrons. The summed E-state index contributed by atoms with van der Waals surface area (Å²) in [6, 6.07) is 14.2. The van der Waals surface area contributed by atoms with Gasteiger partial charge in [0.05, 0.1) is 26.0 Å². The van der Waals surface area contributed by atoms with Crippen LogP contribution in [-0.2, 0) is 27.0 Å². The minimum absolute atomic E-state index is 0.0410. The Bertz CT molecular complexity index is 1470. The molecule has 10 nitrogen and oxygen atoms in total. The molecule has 14 heteroatoms. The van der Waals surface area contributed by atoms with E-state index in [1.54, 1.807) is 24.3 Å². The lowest BCUT2D eigenvalue weighted by atomic mass is 10.1. The summed E-state index contributed by atoms with van der Waals surface area (Å²) >= 11 is 3.30. The van der Waals surface area contributed by atoms with E-state index in [0.29, 0.717) is 28.0 Å². The monoisotopic (exact) mass is 650 g/mol. The molecule has 0 aliphatic carbocycles. The van der Waals surface area contributed by atoms with E-state index in [1.165, 1.54) is 38.6 Å². The van der Waals surface area contributed by atoms with E-state index in [9.17, 15) is 27.6 Å². The molecule has 0 aliphatic heterocycles. The number of benzene rings is 3. The molecule has 222 valence electrons. The maximum atomic E-state index is 12.9. The standard InChI is InChI=1S/C28H26BrF3N4O6/c1-40-23-8-6-17(12-24(23)41-2)10-11-33-26(38)27(39)36-34-15-18-13-20(29)7-9-22(18)42-16-25(37)35-21-5-3-4-19(14-21)28(30,31)32/h3-9,12-15H,10-11,16H2,1-2H3,(H,33,38)(H,35,37)(H,36,39)/b34-15-. The molecule has 0 atom stereocenters. The largest absolute Gasteiger partial charge is 0.493 e. The first kappa shape index (κ1) is 31.9. The zero-order valence-electron chi connectivity index (χ0n) is 22.4. The average Bonchev–Trinajstić information content (AvgIpc) is 2.96. The molecule has 0 fully saturated rings. The number of methoxy groups -OCH3 is 2. The number of hydrazone groups is 1. The molecular formula is C28H26BrF3N4O6. The molecule has 3 amide bonds. The Morgan fingerprint density at radius 3 is 2.38 bits per heavy atom. The van der Waals surface area contributed by atoms with Gasteiger partial charge in [-0.15, -0.1) is 0 Å². The van der Waals surface area contributed by atoms with Crippen LogP contribution in [0.3, 0.4) is 0 Å². The number of alkyl halides is 3. The Kier molecular flexibility index (Phi) is 11.3. The number of anilines is 1. The second-order valence-electron chi connectivity index (χ2n) is 8.49. The van der Waals surface area contributed by atoms with Gasteiger partial charge >= 0.3 is 18.0 Å². The van der Waals surface area contributed by atoms with Gasteiger partial charge in [0.15, 0.2) is 18.1 Å². The second-order valence-corrected chi connectivity index (χ2v) is 9.41. The van der Waals surface area contributed by atoms with Gasteiger partial charge < -0.3 is 24.8 Å². The van der Waals surface area contributed by atoms with Crippen LogP contribution in [0.2, 0.25) is 0 Å². The quantitative estimate of drug-likeness (QED) is 0.161. The van der Waals surface area contributed by atoms with Crippen molar-refractivity contribution < 1.29 is 41.8 Å². The molecule has 0 spiro atoms. The maximum absolute atomic E-state index is 12.9. The van der Waals surface area contributed by atoms with Crippen molar-refractivity contribution in [3.05, 3.63) is 81.8 Å². The Balaban J connectivity index is 1.51. The molecule has 3 N–H and O–H groups in total. The first-order valence-electron chi connectivity index (χ1n) is 12.2. The fraction of sp³-hybridized carbons (Fsp3) is 0.214. The first-order chi connectivity index (χ1) is 20.0. The van der Waals surface area contributed by atoms with Crippen LogP contribution in [0, 0.1) is 0 Å². The third kappa shape index (κ3) is 9.51.